The van der Waals surface area contributed by atoms with Crippen LogP contribution >= 0.6 is 0 Å². The molecule has 0 bridgehead atoms. The molecule has 0 saturated carbocycles. The van der Waals surface area contributed by atoms with Gasteiger partial charge in [0.25, 0.3) is 0 Å². The summed E-state index contributed by atoms with van der Waals surface area (Å²) in [4.78, 5) is 22.0. The molecule has 0 fully saturated rings. The molecule has 1 aromatic carbocycles. The van der Waals surface area contributed by atoms with Crippen LogP contribution in [0, 0.1) is 5.92 Å². The minimum absolute atomic E-state index is 0.0668. The number of pyridine rings is 1. The molecule has 7 heteroatoms. The quantitative estimate of drug-likeness (QED) is 0.631. The highest BCUT2D eigenvalue weighted by Crippen LogP contribution is 2.28. The maximum absolute atomic E-state index is 12.8. The SMILES string of the molecule is COc1ccc(CC(=O)NC(CC(C)C)c2nc3cccnc3n2C)cc1OC. The van der Waals surface area contributed by atoms with Crippen molar-refractivity contribution < 1.29 is 14.3 Å². The molecule has 1 N–H and O–H groups in total. The third-order valence-corrected chi connectivity index (χ3v) is 4.83. The van der Waals surface area contributed by atoms with Gasteiger partial charge in [-0.05, 0) is 42.2 Å². The van der Waals surface area contributed by atoms with Crippen molar-refractivity contribution >= 4 is 17.1 Å². The molecule has 3 aromatic rings. The average molecular weight is 396 g/mol. The second kappa shape index (κ2) is 8.94. The molecule has 2 aromatic heterocycles. The zero-order chi connectivity index (χ0) is 21.0. The minimum Gasteiger partial charge on any atom is -0.493 e. The first kappa shape index (κ1) is 20.6. The number of carbonyl (C=O) groups is 1. The number of methoxy groups -OCH3 is 2. The number of amides is 1. The second-order valence-corrected chi connectivity index (χ2v) is 7.49. The number of nitrogens with zero attached hydrogens (tertiary/aromatic N) is 3. The fourth-order valence-corrected chi connectivity index (χ4v) is 3.47. The van der Waals surface area contributed by atoms with E-state index in [-0.39, 0.29) is 18.4 Å². The van der Waals surface area contributed by atoms with E-state index in [0.717, 1.165) is 29.0 Å². The number of hydrogen-bond acceptors (Lipinski definition) is 5. The van der Waals surface area contributed by atoms with E-state index in [1.807, 2.05) is 41.9 Å². The van der Waals surface area contributed by atoms with E-state index >= 15 is 0 Å². The van der Waals surface area contributed by atoms with Crippen molar-refractivity contribution in [1.82, 2.24) is 19.9 Å². The van der Waals surface area contributed by atoms with Gasteiger partial charge in [-0.15, -0.1) is 0 Å². The molecule has 1 unspecified atom stereocenters. The molecular formula is C22H28N4O3. The molecule has 0 saturated heterocycles. The lowest BCUT2D eigenvalue weighted by molar-refractivity contribution is -0.121. The van der Waals surface area contributed by atoms with Gasteiger partial charge in [-0.1, -0.05) is 19.9 Å². The number of ether oxygens (including phenoxy) is 2. The number of aryl methyl sites for hydroxylation is 1. The fourth-order valence-electron chi connectivity index (χ4n) is 3.47. The van der Waals surface area contributed by atoms with Gasteiger partial charge >= 0.3 is 0 Å². The lowest BCUT2D eigenvalue weighted by Crippen LogP contribution is -2.32. The maximum Gasteiger partial charge on any atom is 0.225 e. The van der Waals surface area contributed by atoms with Gasteiger partial charge in [-0.2, -0.15) is 0 Å². The van der Waals surface area contributed by atoms with Crippen LogP contribution in [0.5, 0.6) is 11.5 Å². The molecule has 1 atom stereocenters. The van der Waals surface area contributed by atoms with E-state index in [1.54, 1.807) is 20.4 Å². The van der Waals surface area contributed by atoms with E-state index in [2.05, 4.69) is 24.1 Å². The zero-order valence-electron chi connectivity index (χ0n) is 17.6. The fraction of sp³-hybridized carbons (Fsp3) is 0.409. The Balaban J connectivity index is 1.81. The van der Waals surface area contributed by atoms with Crippen LogP contribution in [0.3, 0.4) is 0 Å². The Hall–Kier alpha value is -3.09. The standard InChI is InChI=1S/C22H28N4O3/c1-14(2)11-17(22-25-16-7-6-10-23-21(16)26(22)3)24-20(27)13-15-8-9-18(28-4)19(12-15)29-5/h6-10,12,14,17H,11,13H2,1-5H3,(H,24,27). The summed E-state index contributed by atoms with van der Waals surface area (Å²) in [6, 6.07) is 9.12. The Kier molecular flexibility index (Phi) is 6.36. The van der Waals surface area contributed by atoms with E-state index in [0.29, 0.717) is 17.4 Å². The average Bonchev–Trinajstić information content (AvgIpc) is 3.04. The Labute approximate surface area is 171 Å². The molecule has 1 amide bonds. The molecule has 154 valence electrons. The van der Waals surface area contributed by atoms with E-state index in [1.165, 1.54) is 0 Å². The number of aromatic nitrogens is 3. The number of carbonyl (C=O) groups excluding carboxylic acids is 1. The highest BCUT2D eigenvalue weighted by Gasteiger charge is 2.22. The van der Waals surface area contributed by atoms with Gasteiger partial charge in [0, 0.05) is 13.2 Å². The van der Waals surface area contributed by atoms with Gasteiger partial charge in [-0.3, -0.25) is 4.79 Å². The summed E-state index contributed by atoms with van der Waals surface area (Å²) in [5.74, 6) is 2.39. The molecule has 0 aliphatic carbocycles. The van der Waals surface area contributed by atoms with E-state index in [4.69, 9.17) is 14.5 Å². The largest absolute Gasteiger partial charge is 0.493 e. The predicted molar refractivity (Wildman–Crippen MR) is 112 cm³/mol. The van der Waals surface area contributed by atoms with Gasteiger partial charge in [0.15, 0.2) is 17.1 Å². The first-order chi connectivity index (χ1) is 13.9. The van der Waals surface area contributed by atoms with Crippen molar-refractivity contribution in [1.29, 1.82) is 0 Å². The lowest BCUT2D eigenvalue weighted by Gasteiger charge is -2.20. The van der Waals surface area contributed by atoms with Crippen LogP contribution in [-0.4, -0.2) is 34.7 Å². The second-order valence-electron chi connectivity index (χ2n) is 7.49. The molecule has 0 aliphatic rings. The predicted octanol–water partition coefficient (Wildman–Crippen LogP) is 3.43. The van der Waals surface area contributed by atoms with Crippen LogP contribution in [0.25, 0.3) is 11.2 Å². The lowest BCUT2D eigenvalue weighted by atomic mass is 10.0. The van der Waals surface area contributed by atoms with Crippen molar-refractivity contribution in [2.24, 2.45) is 13.0 Å². The Morgan fingerprint density at radius 2 is 1.93 bits per heavy atom. The van der Waals surface area contributed by atoms with Crippen LogP contribution < -0.4 is 14.8 Å². The summed E-state index contributed by atoms with van der Waals surface area (Å²) < 4.78 is 12.6. The number of nitrogens with one attached hydrogen (secondary N) is 1. The Morgan fingerprint density at radius 3 is 2.59 bits per heavy atom. The third-order valence-electron chi connectivity index (χ3n) is 4.83. The molecule has 3 rings (SSSR count). The minimum atomic E-state index is -0.193. The molecule has 0 radical (unpaired) electrons. The van der Waals surface area contributed by atoms with Crippen molar-refractivity contribution in [3.8, 4) is 11.5 Å². The van der Waals surface area contributed by atoms with Crippen LogP contribution in [0.2, 0.25) is 0 Å². The monoisotopic (exact) mass is 396 g/mol. The van der Waals surface area contributed by atoms with Crippen molar-refractivity contribution in [3.63, 3.8) is 0 Å². The summed E-state index contributed by atoms with van der Waals surface area (Å²) in [6.45, 7) is 4.27. The Bertz CT molecular complexity index is 997. The molecule has 7 nitrogen and oxygen atoms in total. The van der Waals surface area contributed by atoms with Gasteiger partial charge in [0.2, 0.25) is 5.91 Å². The zero-order valence-corrected chi connectivity index (χ0v) is 17.6. The van der Waals surface area contributed by atoms with Gasteiger partial charge in [0.1, 0.15) is 11.3 Å². The van der Waals surface area contributed by atoms with Crippen LogP contribution in [-0.2, 0) is 18.3 Å². The molecule has 2 heterocycles. The smallest absolute Gasteiger partial charge is 0.225 e. The van der Waals surface area contributed by atoms with Gasteiger partial charge in [-0.25, -0.2) is 9.97 Å². The van der Waals surface area contributed by atoms with Gasteiger partial charge < -0.3 is 19.4 Å². The molecular weight excluding hydrogens is 368 g/mol. The van der Waals surface area contributed by atoms with Crippen molar-refractivity contribution in [3.05, 3.63) is 47.9 Å². The number of fused-ring (bicyclic) bond motifs is 1. The third kappa shape index (κ3) is 4.67. The summed E-state index contributed by atoms with van der Waals surface area (Å²) in [6.07, 6.45) is 2.78. The number of rotatable bonds is 8. The first-order valence-corrected chi connectivity index (χ1v) is 9.70. The number of hydrogen-bond donors (Lipinski definition) is 1. The van der Waals surface area contributed by atoms with Gasteiger partial charge in [0.05, 0.1) is 26.7 Å². The number of benzene rings is 1. The molecule has 0 spiro atoms. The van der Waals surface area contributed by atoms with Crippen LogP contribution in [0.4, 0.5) is 0 Å². The summed E-state index contributed by atoms with van der Waals surface area (Å²) >= 11 is 0. The number of imidazole rings is 1. The van der Waals surface area contributed by atoms with Crippen LogP contribution in [0.1, 0.15) is 37.7 Å². The molecule has 29 heavy (non-hydrogen) atoms. The van der Waals surface area contributed by atoms with E-state index in [9.17, 15) is 4.79 Å². The summed E-state index contributed by atoms with van der Waals surface area (Å²) in [7, 11) is 5.11. The maximum atomic E-state index is 12.8. The van der Waals surface area contributed by atoms with Crippen LogP contribution in [0.15, 0.2) is 36.5 Å². The Morgan fingerprint density at radius 1 is 1.17 bits per heavy atom. The van der Waals surface area contributed by atoms with Crippen molar-refractivity contribution in [2.45, 2.75) is 32.7 Å². The normalized spacial score (nSPS) is 12.2. The highest BCUT2D eigenvalue weighted by molar-refractivity contribution is 5.79. The topological polar surface area (TPSA) is 78.3 Å². The van der Waals surface area contributed by atoms with E-state index < -0.39 is 0 Å². The first-order valence-electron chi connectivity index (χ1n) is 9.70. The molecule has 0 aliphatic heterocycles. The highest BCUT2D eigenvalue weighted by atomic mass is 16.5. The summed E-state index contributed by atoms with van der Waals surface area (Å²) in [5, 5.41) is 3.16. The van der Waals surface area contributed by atoms with Crippen molar-refractivity contribution in [2.75, 3.05) is 14.2 Å². The summed E-state index contributed by atoms with van der Waals surface area (Å²) in [5.41, 5.74) is 2.49.